The summed E-state index contributed by atoms with van der Waals surface area (Å²) >= 11 is 11.0. The van der Waals surface area contributed by atoms with Crippen LogP contribution in [0.25, 0.3) is 22.0 Å². The monoisotopic (exact) mass is 509 g/mol. The molecule has 174 valence electrons. The molecule has 0 radical (unpaired) electrons. The molecule has 34 heavy (non-hydrogen) atoms. The number of nitrogens with zero attached hydrogens (tertiary/aromatic N) is 2. The van der Waals surface area contributed by atoms with Gasteiger partial charge in [0.2, 0.25) is 0 Å². The minimum atomic E-state index is 0.480. The molecule has 8 heteroatoms. The highest BCUT2D eigenvalue weighted by Gasteiger charge is 2.20. The Labute approximate surface area is 212 Å². The van der Waals surface area contributed by atoms with Gasteiger partial charge >= 0.3 is 0 Å². The van der Waals surface area contributed by atoms with Gasteiger partial charge in [0, 0.05) is 18.0 Å². The second-order valence-corrected chi connectivity index (χ2v) is 11.4. The fourth-order valence-electron chi connectivity index (χ4n) is 4.39. The number of halogens is 1. The zero-order chi connectivity index (χ0) is 23.1. The summed E-state index contributed by atoms with van der Waals surface area (Å²) in [4.78, 5) is 0. The van der Waals surface area contributed by atoms with E-state index in [-0.39, 0.29) is 0 Å². The standard InChI is InChI=1S/C26H24ClN3O2S2/c1-30-21-8-6-17(26-33-12-3-13-34-26)14-19(21)25(29-30)28-20-5-2-4-18(24(20)27)16-7-9-22-23(15-16)32-11-10-31-22/h2,4-9,14-15,26H,3,10-13H2,1H3,(H,28,29). The summed E-state index contributed by atoms with van der Waals surface area (Å²) in [5, 5.41) is 10.0. The summed E-state index contributed by atoms with van der Waals surface area (Å²) in [5.74, 6) is 4.77. The van der Waals surface area contributed by atoms with Crippen LogP contribution in [0.5, 0.6) is 11.5 Å². The highest BCUT2D eigenvalue weighted by molar-refractivity contribution is 8.16. The molecule has 0 amide bonds. The third-order valence-corrected chi connectivity index (χ3v) is 9.50. The SMILES string of the molecule is Cn1nc(Nc2cccc(-c3ccc4c(c3)OCCO4)c2Cl)c2cc(C3SCCCS3)ccc21. The third-order valence-electron chi connectivity index (χ3n) is 6.08. The van der Waals surface area contributed by atoms with Gasteiger partial charge < -0.3 is 14.8 Å². The first-order chi connectivity index (χ1) is 16.7. The van der Waals surface area contributed by atoms with Gasteiger partial charge in [-0.15, -0.1) is 23.5 Å². The van der Waals surface area contributed by atoms with E-state index >= 15 is 0 Å². The fourth-order valence-corrected chi connectivity index (χ4v) is 7.55. The molecule has 4 aromatic rings. The van der Waals surface area contributed by atoms with Gasteiger partial charge in [-0.05, 0) is 59.4 Å². The number of nitrogens with one attached hydrogen (secondary N) is 1. The number of rotatable bonds is 4. The van der Waals surface area contributed by atoms with Crippen molar-refractivity contribution in [3.05, 3.63) is 65.2 Å². The highest BCUT2D eigenvalue weighted by atomic mass is 35.5. The first kappa shape index (κ1) is 22.0. The van der Waals surface area contributed by atoms with E-state index in [4.69, 9.17) is 26.2 Å². The van der Waals surface area contributed by atoms with Gasteiger partial charge in [-0.25, -0.2) is 0 Å². The molecular weight excluding hydrogens is 486 g/mol. The predicted octanol–water partition coefficient (Wildman–Crippen LogP) is 7.28. The minimum Gasteiger partial charge on any atom is -0.486 e. The number of hydrogen-bond acceptors (Lipinski definition) is 6. The second-order valence-electron chi connectivity index (χ2n) is 8.33. The molecule has 0 atom stereocenters. The molecule has 0 aliphatic carbocycles. The molecule has 1 N–H and O–H groups in total. The molecule has 0 unspecified atom stereocenters. The van der Waals surface area contributed by atoms with Crippen molar-refractivity contribution in [2.24, 2.45) is 7.05 Å². The Morgan fingerprint density at radius 3 is 2.68 bits per heavy atom. The van der Waals surface area contributed by atoms with Crippen LogP contribution in [-0.4, -0.2) is 34.5 Å². The van der Waals surface area contributed by atoms with E-state index < -0.39 is 0 Å². The van der Waals surface area contributed by atoms with Crippen molar-refractivity contribution in [2.75, 3.05) is 30.0 Å². The largest absolute Gasteiger partial charge is 0.486 e. The molecule has 0 saturated carbocycles. The van der Waals surface area contributed by atoms with Crippen molar-refractivity contribution in [3.8, 4) is 22.6 Å². The van der Waals surface area contributed by atoms with Crippen molar-refractivity contribution >= 4 is 57.5 Å². The summed E-state index contributed by atoms with van der Waals surface area (Å²) in [5.41, 5.74) is 5.17. The second kappa shape index (κ2) is 9.29. The number of hydrogen-bond donors (Lipinski definition) is 1. The topological polar surface area (TPSA) is 48.3 Å². The van der Waals surface area contributed by atoms with Gasteiger partial charge in [0.05, 0.1) is 20.8 Å². The van der Waals surface area contributed by atoms with Crippen molar-refractivity contribution in [3.63, 3.8) is 0 Å². The van der Waals surface area contributed by atoms with E-state index in [0.29, 0.717) is 22.8 Å². The summed E-state index contributed by atoms with van der Waals surface area (Å²) < 4.78 is 13.8. The number of aromatic nitrogens is 2. The molecule has 1 saturated heterocycles. The summed E-state index contributed by atoms with van der Waals surface area (Å²) in [6, 6.07) is 18.6. The summed E-state index contributed by atoms with van der Waals surface area (Å²) in [7, 11) is 1.98. The summed E-state index contributed by atoms with van der Waals surface area (Å²) in [6.45, 7) is 1.13. The maximum Gasteiger partial charge on any atom is 0.161 e. The highest BCUT2D eigenvalue weighted by Crippen LogP contribution is 2.45. The van der Waals surface area contributed by atoms with E-state index in [0.717, 1.165) is 45.0 Å². The van der Waals surface area contributed by atoms with Crippen LogP contribution < -0.4 is 14.8 Å². The van der Waals surface area contributed by atoms with Crippen LogP contribution in [0.2, 0.25) is 5.02 Å². The Morgan fingerprint density at radius 1 is 1.00 bits per heavy atom. The average molecular weight is 510 g/mol. The molecule has 1 aromatic heterocycles. The smallest absolute Gasteiger partial charge is 0.161 e. The van der Waals surface area contributed by atoms with Crippen molar-refractivity contribution in [2.45, 2.75) is 11.0 Å². The van der Waals surface area contributed by atoms with Crippen LogP contribution in [-0.2, 0) is 7.05 Å². The Hall–Kier alpha value is -2.48. The van der Waals surface area contributed by atoms with Gasteiger partial charge in [0.25, 0.3) is 0 Å². The molecule has 1 fully saturated rings. The van der Waals surface area contributed by atoms with Crippen LogP contribution in [0.4, 0.5) is 11.5 Å². The van der Waals surface area contributed by atoms with Gasteiger partial charge in [-0.1, -0.05) is 35.9 Å². The van der Waals surface area contributed by atoms with Crippen LogP contribution in [0, 0.1) is 0 Å². The van der Waals surface area contributed by atoms with E-state index in [9.17, 15) is 0 Å². The van der Waals surface area contributed by atoms with Crippen molar-refractivity contribution in [1.82, 2.24) is 9.78 Å². The molecule has 2 aliphatic heterocycles. The number of aryl methyl sites for hydroxylation is 1. The van der Waals surface area contributed by atoms with E-state index in [1.807, 2.05) is 71.7 Å². The molecule has 3 heterocycles. The molecule has 6 rings (SSSR count). The van der Waals surface area contributed by atoms with Crippen molar-refractivity contribution in [1.29, 1.82) is 0 Å². The van der Waals surface area contributed by atoms with E-state index in [1.165, 1.54) is 23.5 Å². The van der Waals surface area contributed by atoms with E-state index in [2.05, 4.69) is 23.5 Å². The fraction of sp³-hybridized carbons (Fsp3) is 0.269. The van der Waals surface area contributed by atoms with Crippen LogP contribution in [0.15, 0.2) is 54.6 Å². The lowest BCUT2D eigenvalue weighted by Crippen LogP contribution is -2.15. The lowest BCUT2D eigenvalue weighted by molar-refractivity contribution is 0.171. The first-order valence-corrected chi connectivity index (χ1v) is 13.8. The molecule has 5 nitrogen and oxygen atoms in total. The Morgan fingerprint density at radius 2 is 1.82 bits per heavy atom. The van der Waals surface area contributed by atoms with Gasteiger partial charge in [0.15, 0.2) is 17.3 Å². The van der Waals surface area contributed by atoms with Crippen LogP contribution >= 0.6 is 35.1 Å². The van der Waals surface area contributed by atoms with Crippen LogP contribution in [0.1, 0.15) is 16.6 Å². The number of ether oxygens (including phenoxy) is 2. The molecule has 0 bridgehead atoms. The van der Waals surface area contributed by atoms with E-state index in [1.54, 1.807) is 0 Å². The maximum absolute atomic E-state index is 6.91. The molecule has 3 aromatic carbocycles. The van der Waals surface area contributed by atoms with Crippen LogP contribution in [0.3, 0.4) is 0 Å². The normalized spacial score (nSPS) is 16.1. The summed E-state index contributed by atoms with van der Waals surface area (Å²) in [6.07, 6.45) is 1.28. The Balaban J connectivity index is 1.35. The zero-order valence-electron chi connectivity index (χ0n) is 18.7. The number of thioether (sulfide) groups is 2. The lowest BCUT2D eigenvalue weighted by Gasteiger charge is -2.21. The quantitative estimate of drug-likeness (QED) is 0.312. The minimum absolute atomic E-state index is 0.480. The lowest BCUT2D eigenvalue weighted by atomic mass is 10.0. The molecule has 0 spiro atoms. The number of anilines is 2. The third kappa shape index (κ3) is 4.10. The number of benzene rings is 3. The predicted molar refractivity (Wildman–Crippen MR) is 144 cm³/mol. The maximum atomic E-state index is 6.91. The Kier molecular flexibility index (Phi) is 6.01. The first-order valence-electron chi connectivity index (χ1n) is 11.3. The average Bonchev–Trinajstić information content (AvgIpc) is 3.20. The van der Waals surface area contributed by atoms with Gasteiger partial charge in [0.1, 0.15) is 13.2 Å². The molecule has 2 aliphatic rings. The van der Waals surface area contributed by atoms with Crippen molar-refractivity contribution < 1.29 is 9.47 Å². The zero-order valence-corrected chi connectivity index (χ0v) is 21.1. The van der Waals surface area contributed by atoms with Gasteiger partial charge in [-0.3, -0.25) is 4.68 Å². The van der Waals surface area contributed by atoms with Gasteiger partial charge in [-0.2, -0.15) is 5.10 Å². The number of fused-ring (bicyclic) bond motifs is 2. The molecular formula is C26H24ClN3O2S2. The Bertz CT molecular complexity index is 1370.